The van der Waals surface area contributed by atoms with E-state index in [0.29, 0.717) is 12.0 Å². The first-order chi connectivity index (χ1) is 7.11. The molecule has 1 rings (SSSR count). The van der Waals surface area contributed by atoms with Crippen LogP contribution in [0.2, 0.25) is 0 Å². The predicted octanol–water partition coefficient (Wildman–Crippen LogP) is 2.44. The maximum Gasteiger partial charge on any atom is 0.297 e. The van der Waals surface area contributed by atoms with E-state index in [2.05, 4.69) is 6.58 Å². The Kier molecular flexibility index (Phi) is 4.05. The highest BCUT2D eigenvalue weighted by molar-refractivity contribution is 7.86. The first-order valence-electron chi connectivity index (χ1n) is 4.72. The van der Waals surface area contributed by atoms with Crippen LogP contribution in [0, 0.1) is 0 Å². The minimum absolute atomic E-state index is 0.174. The summed E-state index contributed by atoms with van der Waals surface area (Å²) in [6.07, 6.45) is 2.16. The van der Waals surface area contributed by atoms with E-state index < -0.39 is 10.1 Å². The van der Waals surface area contributed by atoms with Crippen LogP contribution in [0.5, 0.6) is 0 Å². The largest absolute Gasteiger partial charge is 0.297 e. The Hall–Kier alpha value is -1.13. The van der Waals surface area contributed by atoms with E-state index in [1.807, 2.05) is 6.92 Å². The first-order valence-corrected chi connectivity index (χ1v) is 6.13. The number of benzene rings is 1. The van der Waals surface area contributed by atoms with Crippen LogP contribution in [0.25, 0.3) is 6.08 Å². The highest BCUT2D eigenvalue weighted by Gasteiger charge is 2.16. The molecule has 1 aromatic rings. The first kappa shape index (κ1) is 11.9. The third-order valence-corrected chi connectivity index (χ3v) is 3.24. The van der Waals surface area contributed by atoms with Crippen LogP contribution < -0.4 is 0 Å². The highest BCUT2D eigenvalue weighted by Crippen LogP contribution is 2.18. The Bertz CT molecular complexity index is 435. The van der Waals surface area contributed by atoms with Gasteiger partial charge in [-0.15, -0.1) is 0 Å². The fourth-order valence-electron chi connectivity index (χ4n) is 1.13. The summed E-state index contributed by atoms with van der Waals surface area (Å²) >= 11 is 0. The second kappa shape index (κ2) is 5.09. The summed E-state index contributed by atoms with van der Waals surface area (Å²) in [6.45, 7) is 5.62. The molecule has 15 heavy (non-hydrogen) atoms. The highest BCUT2D eigenvalue weighted by atomic mass is 32.2. The van der Waals surface area contributed by atoms with E-state index in [0.717, 1.165) is 0 Å². The van der Waals surface area contributed by atoms with Crippen molar-refractivity contribution in [2.45, 2.75) is 18.2 Å². The van der Waals surface area contributed by atoms with Crippen molar-refractivity contribution in [1.29, 1.82) is 0 Å². The summed E-state index contributed by atoms with van der Waals surface area (Å²) in [7, 11) is -3.64. The van der Waals surface area contributed by atoms with Crippen molar-refractivity contribution < 1.29 is 12.6 Å². The number of rotatable bonds is 5. The maximum absolute atomic E-state index is 11.7. The van der Waals surface area contributed by atoms with Gasteiger partial charge in [-0.25, -0.2) is 0 Å². The lowest BCUT2D eigenvalue weighted by atomic mass is 10.2. The fraction of sp³-hybridized carbons (Fsp3) is 0.273. The molecule has 0 radical (unpaired) electrons. The predicted molar refractivity (Wildman–Crippen MR) is 60.0 cm³/mol. The molecule has 4 heteroatoms. The molecule has 0 bridgehead atoms. The van der Waals surface area contributed by atoms with Gasteiger partial charge < -0.3 is 0 Å². The zero-order valence-electron chi connectivity index (χ0n) is 8.64. The van der Waals surface area contributed by atoms with Gasteiger partial charge in [0.2, 0.25) is 0 Å². The molecule has 0 amide bonds. The molecule has 0 N–H and O–H groups in total. The second-order valence-electron chi connectivity index (χ2n) is 3.02. The molecule has 0 aliphatic rings. The number of hydrogen-bond donors (Lipinski definition) is 0. The lowest BCUT2D eigenvalue weighted by molar-refractivity contribution is 0.318. The Morgan fingerprint density at radius 1 is 1.40 bits per heavy atom. The maximum atomic E-state index is 11.7. The molecule has 0 fully saturated rings. The van der Waals surface area contributed by atoms with Gasteiger partial charge in [0, 0.05) is 0 Å². The molecule has 0 heterocycles. The van der Waals surface area contributed by atoms with Crippen LogP contribution >= 0.6 is 0 Å². The van der Waals surface area contributed by atoms with Gasteiger partial charge in [-0.3, -0.25) is 4.18 Å². The summed E-state index contributed by atoms with van der Waals surface area (Å²) in [6, 6.07) is 6.63. The molecule has 0 saturated carbocycles. The average molecular weight is 226 g/mol. The van der Waals surface area contributed by atoms with Crippen molar-refractivity contribution in [2.75, 3.05) is 6.61 Å². The van der Waals surface area contributed by atoms with E-state index >= 15 is 0 Å². The second-order valence-corrected chi connectivity index (χ2v) is 4.60. The third-order valence-electron chi connectivity index (χ3n) is 1.85. The molecule has 3 nitrogen and oxygen atoms in total. The quantitative estimate of drug-likeness (QED) is 0.724. The smallest absolute Gasteiger partial charge is 0.266 e. The molecular weight excluding hydrogens is 212 g/mol. The minimum Gasteiger partial charge on any atom is -0.266 e. The molecule has 82 valence electrons. The monoisotopic (exact) mass is 226 g/mol. The molecule has 0 spiro atoms. The Morgan fingerprint density at radius 3 is 2.67 bits per heavy atom. The lowest BCUT2D eigenvalue weighted by Gasteiger charge is -2.06. The van der Waals surface area contributed by atoms with Crippen LogP contribution in [0.1, 0.15) is 18.9 Å². The normalized spacial score (nSPS) is 11.3. The summed E-state index contributed by atoms with van der Waals surface area (Å²) in [4.78, 5) is 0.174. The zero-order chi connectivity index (χ0) is 11.3. The van der Waals surface area contributed by atoms with Gasteiger partial charge in [0.1, 0.15) is 4.90 Å². The molecule has 0 saturated heterocycles. The van der Waals surface area contributed by atoms with Gasteiger partial charge in [-0.05, 0) is 18.1 Å². The Balaban J connectivity index is 3.09. The van der Waals surface area contributed by atoms with Crippen LogP contribution in [0.3, 0.4) is 0 Å². The lowest BCUT2D eigenvalue weighted by Crippen LogP contribution is -2.08. The van der Waals surface area contributed by atoms with E-state index in [9.17, 15) is 8.42 Å². The van der Waals surface area contributed by atoms with E-state index in [1.165, 1.54) is 12.1 Å². The summed E-state index contributed by atoms with van der Waals surface area (Å²) in [5.74, 6) is 0. The standard InChI is InChI=1S/C11H14O3S/c1-3-9-14-15(12,13)11-8-6-5-7-10(11)4-2/h4-8H,2-3,9H2,1H3. The van der Waals surface area contributed by atoms with Crippen LogP contribution in [-0.4, -0.2) is 15.0 Å². The van der Waals surface area contributed by atoms with E-state index in [1.54, 1.807) is 18.2 Å². The number of hydrogen-bond acceptors (Lipinski definition) is 3. The summed E-state index contributed by atoms with van der Waals surface area (Å²) in [5.41, 5.74) is 0.564. The van der Waals surface area contributed by atoms with Crippen LogP contribution in [-0.2, 0) is 14.3 Å². The average Bonchev–Trinajstić information content (AvgIpc) is 2.26. The van der Waals surface area contributed by atoms with Gasteiger partial charge in [0.25, 0.3) is 10.1 Å². The molecule has 1 aromatic carbocycles. The summed E-state index contributed by atoms with van der Waals surface area (Å²) in [5, 5.41) is 0. The van der Waals surface area contributed by atoms with Crippen LogP contribution in [0.4, 0.5) is 0 Å². The van der Waals surface area contributed by atoms with E-state index in [-0.39, 0.29) is 11.5 Å². The van der Waals surface area contributed by atoms with Crippen molar-refractivity contribution in [3.63, 3.8) is 0 Å². The molecule has 0 aliphatic carbocycles. The molecular formula is C11H14O3S. The van der Waals surface area contributed by atoms with E-state index in [4.69, 9.17) is 4.18 Å². The Morgan fingerprint density at radius 2 is 2.07 bits per heavy atom. The zero-order valence-corrected chi connectivity index (χ0v) is 9.46. The van der Waals surface area contributed by atoms with Gasteiger partial charge >= 0.3 is 0 Å². The van der Waals surface area contributed by atoms with Gasteiger partial charge in [0.15, 0.2) is 0 Å². The molecule has 0 aliphatic heterocycles. The molecule has 0 aromatic heterocycles. The molecule has 0 unspecified atom stereocenters. The van der Waals surface area contributed by atoms with Crippen molar-refractivity contribution in [1.82, 2.24) is 0 Å². The topological polar surface area (TPSA) is 43.4 Å². The van der Waals surface area contributed by atoms with Gasteiger partial charge in [-0.1, -0.05) is 37.8 Å². The van der Waals surface area contributed by atoms with Crippen molar-refractivity contribution >= 4 is 16.2 Å². The SMILES string of the molecule is C=Cc1ccccc1S(=O)(=O)OCCC. The van der Waals surface area contributed by atoms with Crippen molar-refractivity contribution in [2.24, 2.45) is 0 Å². The van der Waals surface area contributed by atoms with Crippen LogP contribution in [0.15, 0.2) is 35.7 Å². The van der Waals surface area contributed by atoms with Gasteiger partial charge in [-0.2, -0.15) is 8.42 Å². The van der Waals surface area contributed by atoms with Crippen molar-refractivity contribution in [3.8, 4) is 0 Å². The fourth-order valence-corrected chi connectivity index (χ4v) is 2.33. The summed E-state index contributed by atoms with van der Waals surface area (Å²) < 4.78 is 28.2. The molecule has 0 atom stereocenters. The Labute approximate surface area is 90.5 Å². The van der Waals surface area contributed by atoms with Gasteiger partial charge in [0.05, 0.1) is 6.61 Å². The van der Waals surface area contributed by atoms with Crippen molar-refractivity contribution in [3.05, 3.63) is 36.4 Å². The minimum atomic E-state index is -3.64. The third kappa shape index (κ3) is 2.91.